The Morgan fingerprint density at radius 1 is 1.03 bits per heavy atom. The molecule has 1 aliphatic carbocycles. The van der Waals surface area contributed by atoms with E-state index in [9.17, 15) is 38.4 Å². The van der Waals surface area contributed by atoms with E-state index < -0.39 is 48.0 Å². The summed E-state index contributed by atoms with van der Waals surface area (Å²) < 4.78 is 68.9. The van der Waals surface area contributed by atoms with Gasteiger partial charge in [0.25, 0.3) is 0 Å². The highest BCUT2D eigenvalue weighted by molar-refractivity contribution is 6.02. The van der Waals surface area contributed by atoms with Gasteiger partial charge in [0, 0.05) is 54.5 Å². The lowest BCUT2D eigenvalue weighted by atomic mass is 10.0. The number of nitrogens with one attached hydrogen (secondary N) is 3. The molecule has 1 amide bonds. The van der Waals surface area contributed by atoms with Gasteiger partial charge in [-0.3, -0.25) is 14.7 Å². The Morgan fingerprint density at radius 3 is 2.48 bits per heavy atom. The summed E-state index contributed by atoms with van der Waals surface area (Å²) in [6.07, 6.45) is -1.25. The minimum Gasteiger partial charge on any atom is -0.494 e. The lowest BCUT2D eigenvalue weighted by Gasteiger charge is -2.33. The molecule has 0 bridgehead atoms. The van der Waals surface area contributed by atoms with Crippen LogP contribution in [0.1, 0.15) is 93.7 Å². The zero-order valence-corrected chi connectivity index (χ0v) is 36.2. The fourth-order valence-corrected chi connectivity index (χ4v) is 8.50. The van der Waals surface area contributed by atoms with Gasteiger partial charge in [-0.15, -0.1) is 0 Å². The summed E-state index contributed by atoms with van der Waals surface area (Å²) in [5.41, 5.74) is 5.66. The maximum atomic E-state index is 15.1. The second kappa shape index (κ2) is 18.7. The number of hydrogen-bond acceptors (Lipinski definition) is 13. The molecule has 15 nitrogen and oxygen atoms in total. The van der Waals surface area contributed by atoms with Crippen molar-refractivity contribution in [1.29, 1.82) is 0 Å². The number of aliphatic hydroxyl groups is 2. The number of nitrogen functional groups attached to an aromatic ring is 1. The smallest absolute Gasteiger partial charge is 0.416 e. The van der Waals surface area contributed by atoms with Crippen molar-refractivity contribution in [3.05, 3.63) is 65.2 Å². The maximum absolute atomic E-state index is 15.1. The predicted molar refractivity (Wildman–Crippen MR) is 234 cm³/mol. The van der Waals surface area contributed by atoms with Gasteiger partial charge in [0.05, 0.1) is 48.0 Å². The Bertz CT molecular complexity index is 2500. The number of ether oxygens (including phenoxy) is 2. The first-order valence-corrected chi connectivity index (χ1v) is 21.5. The predicted octanol–water partition coefficient (Wildman–Crippen LogP) is 7.47. The highest BCUT2D eigenvalue weighted by Crippen LogP contribution is 2.48. The Hall–Kier alpha value is -5.79. The quantitative estimate of drug-likeness (QED) is 0.0244. The number of unbranched alkanes of at least 4 members (excludes halogenated alkanes) is 3. The molecule has 3 heterocycles. The summed E-state index contributed by atoms with van der Waals surface area (Å²) in [5, 5.41) is 52.1. The molecule has 19 heteroatoms. The Labute approximate surface area is 367 Å². The van der Waals surface area contributed by atoms with Gasteiger partial charge >= 0.3 is 6.18 Å². The fraction of sp³-hybridized carbons (Fsp3) is 0.489. The molecule has 7 rings (SSSR count). The number of amides is 1. The third-order valence-electron chi connectivity index (χ3n) is 12.2. The standard InChI is InChI=1S/C45H56F4N8O7/c1-24(26-17-27(45(47,48)49)19-28(50)18-26)52-40-30-20-35(34(63-4)21-32(30)53-25(2)54-40)64-23-44(14-15-44)22-56(3)37(59)9-7-5-6-8-16-51-39-31(46)11-10-29-38(39)43(62)57(42(29)61)33-12-13-36(58)55-41(33)60/h10-11,17-21,24,33,36,41,51,55,58,60-62H,5-9,12-16,22-23,50H2,1-4H3,(H,52,53,54)/t24-,33?,36?,41?/m1/s1. The molecular formula is C45H56F4N8O7. The highest BCUT2D eigenvalue weighted by atomic mass is 19.4. The van der Waals surface area contributed by atoms with Crippen LogP contribution in [-0.2, 0) is 11.0 Å². The number of aromatic nitrogens is 3. The van der Waals surface area contributed by atoms with E-state index in [1.165, 1.54) is 25.3 Å². The number of methoxy groups -OCH3 is 1. The van der Waals surface area contributed by atoms with Gasteiger partial charge in [-0.05, 0) is 94.3 Å². The molecule has 2 aromatic heterocycles. The van der Waals surface area contributed by atoms with Crippen LogP contribution < -0.4 is 31.2 Å². The van der Waals surface area contributed by atoms with E-state index >= 15 is 4.39 Å². The summed E-state index contributed by atoms with van der Waals surface area (Å²) in [4.78, 5) is 24.1. The van der Waals surface area contributed by atoms with Gasteiger partial charge in [-0.1, -0.05) is 12.8 Å². The van der Waals surface area contributed by atoms with Crippen molar-refractivity contribution in [3.63, 3.8) is 0 Å². The third-order valence-corrected chi connectivity index (χ3v) is 12.2. The molecule has 1 saturated carbocycles. The normalized spacial score (nSPS) is 18.8. The van der Waals surface area contributed by atoms with Gasteiger partial charge in [0.2, 0.25) is 17.7 Å². The first-order chi connectivity index (χ1) is 30.4. The van der Waals surface area contributed by atoms with Gasteiger partial charge in [0.1, 0.15) is 29.9 Å². The van der Waals surface area contributed by atoms with E-state index in [0.717, 1.165) is 42.4 Å². The lowest BCUT2D eigenvalue weighted by molar-refractivity contribution is -0.137. The molecule has 0 spiro atoms. The molecule has 64 heavy (non-hydrogen) atoms. The van der Waals surface area contributed by atoms with Gasteiger partial charge in [-0.2, -0.15) is 13.2 Å². The summed E-state index contributed by atoms with van der Waals surface area (Å²) >= 11 is 0. The highest BCUT2D eigenvalue weighted by Gasteiger charge is 2.45. The van der Waals surface area contributed by atoms with Crippen LogP contribution in [0.15, 0.2) is 42.5 Å². The largest absolute Gasteiger partial charge is 0.494 e. The van der Waals surface area contributed by atoms with Crippen LogP contribution in [0.5, 0.6) is 23.3 Å². The van der Waals surface area contributed by atoms with Crippen molar-refractivity contribution < 1.29 is 52.3 Å². The molecule has 346 valence electrons. The minimum absolute atomic E-state index is 0.00537. The number of nitrogens with zero attached hydrogens (tertiary/aromatic N) is 4. The Morgan fingerprint density at radius 2 is 1.78 bits per heavy atom. The number of aromatic hydroxyl groups is 2. The Kier molecular flexibility index (Phi) is 13.5. The molecule has 3 aromatic carbocycles. The minimum atomic E-state index is -4.56. The number of hydrogen-bond donors (Lipinski definition) is 8. The first kappa shape index (κ1) is 46.2. The number of alkyl halides is 3. The zero-order chi connectivity index (χ0) is 46.1. The molecule has 9 N–H and O–H groups in total. The Balaban J connectivity index is 0.901. The number of carbonyl (C=O) groups is 1. The number of aliphatic hydroxyl groups excluding tert-OH is 2. The van der Waals surface area contributed by atoms with E-state index in [2.05, 4.69) is 25.9 Å². The van der Waals surface area contributed by atoms with Crippen LogP contribution in [0.25, 0.3) is 21.7 Å². The number of aryl methyl sites for hydroxylation is 1. The van der Waals surface area contributed by atoms with Crippen molar-refractivity contribution in [3.8, 4) is 23.3 Å². The second-order valence-corrected chi connectivity index (χ2v) is 17.2. The monoisotopic (exact) mass is 896 g/mol. The third kappa shape index (κ3) is 10.1. The molecule has 3 unspecified atom stereocenters. The number of rotatable bonds is 18. The SMILES string of the molecule is COc1cc2nc(C)nc(N[C@H](C)c3cc(N)cc(C(F)(F)F)c3)c2cc1OCC1(CN(C)C(=O)CCCCCCNc2c(F)ccc3c(O)n(C4CCC(O)NC4O)c(O)c23)CC1. The van der Waals surface area contributed by atoms with Crippen LogP contribution in [0.4, 0.5) is 34.8 Å². The summed E-state index contributed by atoms with van der Waals surface area (Å²) in [6, 6.07) is 8.13. The molecule has 1 aliphatic heterocycles. The summed E-state index contributed by atoms with van der Waals surface area (Å²) in [7, 11) is 3.30. The van der Waals surface area contributed by atoms with Gasteiger partial charge in [0.15, 0.2) is 11.5 Å². The van der Waals surface area contributed by atoms with E-state index in [1.54, 1.807) is 37.9 Å². The van der Waals surface area contributed by atoms with Crippen LogP contribution in [0.2, 0.25) is 0 Å². The van der Waals surface area contributed by atoms with Crippen LogP contribution in [-0.4, -0.2) is 92.1 Å². The number of nitrogens with two attached hydrogens (primary N) is 1. The van der Waals surface area contributed by atoms with E-state index in [4.69, 9.17) is 15.2 Å². The average molecular weight is 897 g/mol. The topological polar surface area (TPSA) is 213 Å². The van der Waals surface area contributed by atoms with Gasteiger partial charge in [-0.25, -0.2) is 14.4 Å². The van der Waals surface area contributed by atoms with Crippen LogP contribution in [0, 0.1) is 18.2 Å². The first-order valence-electron chi connectivity index (χ1n) is 21.5. The molecule has 5 aromatic rings. The van der Waals surface area contributed by atoms with Crippen LogP contribution >= 0.6 is 0 Å². The molecule has 0 radical (unpaired) electrons. The number of benzene rings is 3. The second-order valence-electron chi connectivity index (χ2n) is 17.2. The van der Waals surface area contributed by atoms with Crippen molar-refractivity contribution in [1.82, 2.24) is 24.8 Å². The van der Waals surface area contributed by atoms with E-state index in [0.29, 0.717) is 78.6 Å². The summed E-state index contributed by atoms with van der Waals surface area (Å²) in [6.45, 7) is 4.62. The molecule has 2 fully saturated rings. The molecule has 2 aliphatic rings. The van der Waals surface area contributed by atoms with Crippen molar-refractivity contribution in [2.24, 2.45) is 5.41 Å². The van der Waals surface area contributed by atoms with Crippen molar-refractivity contribution >= 4 is 44.8 Å². The van der Waals surface area contributed by atoms with E-state index in [1.807, 2.05) is 0 Å². The van der Waals surface area contributed by atoms with Crippen molar-refractivity contribution in [2.75, 3.05) is 50.2 Å². The fourth-order valence-electron chi connectivity index (χ4n) is 8.50. The average Bonchev–Trinajstić information content (AvgIpc) is 3.96. The number of piperidine rings is 1. The summed E-state index contributed by atoms with van der Waals surface area (Å²) in [5.74, 6) is 0.420. The zero-order valence-electron chi connectivity index (χ0n) is 36.2. The van der Waals surface area contributed by atoms with Crippen molar-refractivity contribution in [2.45, 2.75) is 102 Å². The van der Waals surface area contributed by atoms with E-state index in [-0.39, 0.29) is 52.2 Å². The number of anilines is 3. The van der Waals surface area contributed by atoms with Crippen LogP contribution in [0.3, 0.4) is 0 Å². The maximum Gasteiger partial charge on any atom is 0.416 e. The number of carbonyl (C=O) groups excluding carboxylic acids is 1. The molecular weight excluding hydrogens is 841 g/mol. The number of fused-ring (bicyclic) bond motifs is 2. The molecule has 4 atom stereocenters. The number of halogens is 4. The lowest BCUT2D eigenvalue weighted by Crippen LogP contribution is -2.47. The van der Waals surface area contributed by atoms with Gasteiger partial charge < -0.3 is 51.2 Å². The molecule has 1 saturated heterocycles.